The monoisotopic (exact) mass is 617 g/mol. The number of nitrogens with zero attached hydrogens (tertiary/aromatic N) is 1. The number of hydrogen-bond donors (Lipinski definition) is 0. The second-order valence-corrected chi connectivity index (χ2v) is 14.6. The molecule has 48 heavy (non-hydrogen) atoms. The summed E-state index contributed by atoms with van der Waals surface area (Å²) in [5.74, 6) is 0. The first-order valence-corrected chi connectivity index (χ1v) is 16.9. The minimum Gasteiger partial charge on any atom is -0.455 e. The van der Waals surface area contributed by atoms with E-state index in [2.05, 4.69) is 172 Å². The summed E-state index contributed by atoms with van der Waals surface area (Å²) >= 11 is 0. The van der Waals surface area contributed by atoms with E-state index in [1.807, 2.05) is 0 Å². The van der Waals surface area contributed by atoms with Gasteiger partial charge in [0, 0.05) is 44.2 Å². The van der Waals surface area contributed by atoms with E-state index < -0.39 is 0 Å². The number of hydrogen-bond acceptors (Lipinski definition) is 2. The Hall–Kier alpha value is -5.60. The Morgan fingerprint density at radius 3 is 1.96 bits per heavy atom. The molecule has 230 valence electrons. The molecule has 1 aromatic heterocycles. The highest BCUT2D eigenvalue weighted by Crippen LogP contribution is 2.55. The van der Waals surface area contributed by atoms with E-state index in [0.29, 0.717) is 0 Å². The molecule has 0 fully saturated rings. The minimum absolute atomic E-state index is 0.0925. The maximum absolute atomic E-state index is 6.65. The molecule has 10 rings (SSSR count). The van der Waals surface area contributed by atoms with Gasteiger partial charge in [0.05, 0.1) is 0 Å². The van der Waals surface area contributed by atoms with Crippen molar-refractivity contribution < 1.29 is 4.42 Å². The number of para-hydroxylation sites is 1. The van der Waals surface area contributed by atoms with Crippen LogP contribution in [-0.2, 0) is 10.8 Å². The third kappa shape index (κ3) is 3.63. The Labute approximate surface area is 280 Å². The highest BCUT2D eigenvalue weighted by molar-refractivity contribution is 6.12. The van der Waals surface area contributed by atoms with Crippen molar-refractivity contribution in [1.29, 1.82) is 0 Å². The van der Waals surface area contributed by atoms with Crippen molar-refractivity contribution in [2.75, 3.05) is 4.90 Å². The second kappa shape index (κ2) is 9.49. The van der Waals surface area contributed by atoms with Gasteiger partial charge in [0.2, 0.25) is 0 Å². The van der Waals surface area contributed by atoms with Crippen LogP contribution in [0.3, 0.4) is 0 Å². The quantitative estimate of drug-likeness (QED) is 0.196. The van der Waals surface area contributed by atoms with Gasteiger partial charge in [-0.05, 0) is 92.2 Å². The van der Waals surface area contributed by atoms with Gasteiger partial charge in [0.1, 0.15) is 11.2 Å². The average molecular weight is 618 g/mol. The first kappa shape index (κ1) is 27.5. The molecule has 0 unspecified atom stereocenters. The maximum Gasteiger partial charge on any atom is 0.143 e. The molecule has 1 heterocycles. The van der Waals surface area contributed by atoms with E-state index >= 15 is 0 Å². The third-order valence-corrected chi connectivity index (χ3v) is 11.2. The molecule has 0 amide bonds. The molecule has 2 aliphatic rings. The Bertz CT molecular complexity index is 2630. The molecule has 0 atom stereocenters. The molecular formula is C46H35NO. The Morgan fingerprint density at radius 2 is 1.06 bits per heavy atom. The maximum atomic E-state index is 6.65. The molecular weight excluding hydrogens is 583 g/mol. The molecule has 0 saturated heterocycles. The molecule has 2 heteroatoms. The van der Waals surface area contributed by atoms with Gasteiger partial charge in [-0.15, -0.1) is 0 Å². The van der Waals surface area contributed by atoms with Crippen LogP contribution in [0.4, 0.5) is 17.1 Å². The van der Waals surface area contributed by atoms with E-state index in [4.69, 9.17) is 4.42 Å². The summed E-state index contributed by atoms with van der Waals surface area (Å²) in [6.07, 6.45) is 0. The Morgan fingerprint density at radius 1 is 0.438 bits per heavy atom. The zero-order valence-corrected chi connectivity index (χ0v) is 27.6. The first-order chi connectivity index (χ1) is 23.3. The van der Waals surface area contributed by atoms with E-state index in [-0.39, 0.29) is 10.8 Å². The van der Waals surface area contributed by atoms with E-state index in [9.17, 15) is 0 Å². The van der Waals surface area contributed by atoms with Gasteiger partial charge in [-0.2, -0.15) is 0 Å². The lowest BCUT2D eigenvalue weighted by Crippen LogP contribution is -2.17. The molecule has 2 nitrogen and oxygen atoms in total. The fourth-order valence-electron chi connectivity index (χ4n) is 8.74. The summed E-state index contributed by atoms with van der Waals surface area (Å²) in [6, 6.07) is 51.4. The predicted octanol–water partition coefficient (Wildman–Crippen LogP) is 12.8. The number of fused-ring (bicyclic) bond motifs is 11. The lowest BCUT2D eigenvalue weighted by Gasteiger charge is -2.29. The van der Waals surface area contributed by atoms with Crippen LogP contribution in [-0.4, -0.2) is 0 Å². The topological polar surface area (TPSA) is 16.4 Å². The second-order valence-electron chi connectivity index (χ2n) is 14.6. The van der Waals surface area contributed by atoms with Crippen LogP contribution in [0.15, 0.2) is 144 Å². The SMILES string of the molecule is CC1(C)c2ccccc2-c2ccc(N(c3ccc4c(c3)-c3c(ccc5c3oc3ccccc35)C4(C)C)c3ccc4ccccc4c3)cc21. The Kier molecular flexibility index (Phi) is 5.44. The van der Waals surface area contributed by atoms with Crippen molar-refractivity contribution in [3.63, 3.8) is 0 Å². The summed E-state index contributed by atoms with van der Waals surface area (Å²) in [6.45, 7) is 9.39. The normalized spacial score (nSPS) is 15.0. The van der Waals surface area contributed by atoms with Crippen LogP contribution in [0.1, 0.15) is 49.9 Å². The number of furan rings is 1. The fraction of sp³-hybridized carbons (Fsp3) is 0.130. The van der Waals surface area contributed by atoms with Gasteiger partial charge in [0.25, 0.3) is 0 Å². The van der Waals surface area contributed by atoms with Crippen molar-refractivity contribution in [2.45, 2.75) is 38.5 Å². The number of anilines is 3. The third-order valence-electron chi connectivity index (χ3n) is 11.2. The van der Waals surface area contributed by atoms with Crippen molar-refractivity contribution in [1.82, 2.24) is 0 Å². The van der Waals surface area contributed by atoms with Gasteiger partial charge in [-0.1, -0.05) is 125 Å². The summed E-state index contributed by atoms with van der Waals surface area (Å²) in [4.78, 5) is 2.44. The van der Waals surface area contributed by atoms with Crippen molar-refractivity contribution in [2.24, 2.45) is 0 Å². The lowest BCUT2D eigenvalue weighted by molar-refractivity contribution is 0.653. The van der Waals surface area contributed by atoms with Crippen LogP contribution in [0.2, 0.25) is 0 Å². The zero-order chi connectivity index (χ0) is 32.4. The molecule has 0 radical (unpaired) electrons. The summed E-state index contributed by atoms with van der Waals surface area (Å²) in [5.41, 5.74) is 15.6. The minimum atomic E-state index is -0.145. The number of rotatable bonds is 3. The van der Waals surface area contributed by atoms with Crippen LogP contribution in [0, 0.1) is 0 Å². The van der Waals surface area contributed by atoms with Crippen molar-refractivity contribution in [3.05, 3.63) is 162 Å². The van der Waals surface area contributed by atoms with E-state index in [1.54, 1.807) is 0 Å². The predicted molar refractivity (Wildman–Crippen MR) is 201 cm³/mol. The van der Waals surface area contributed by atoms with Crippen LogP contribution in [0.5, 0.6) is 0 Å². The molecule has 0 spiro atoms. The molecule has 0 bridgehead atoms. The van der Waals surface area contributed by atoms with Gasteiger partial charge in [-0.25, -0.2) is 0 Å². The molecule has 0 aliphatic heterocycles. The molecule has 8 aromatic rings. The van der Waals surface area contributed by atoms with Crippen molar-refractivity contribution in [3.8, 4) is 22.3 Å². The molecule has 2 aliphatic carbocycles. The van der Waals surface area contributed by atoms with Gasteiger partial charge in [-0.3, -0.25) is 0 Å². The van der Waals surface area contributed by atoms with Gasteiger partial charge in [0.15, 0.2) is 0 Å². The van der Waals surface area contributed by atoms with Crippen molar-refractivity contribution >= 4 is 49.8 Å². The first-order valence-electron chi connectivity index (χ1n) is 16.9. The smallest absolute Gasteiger partial charge is 0.143 e. The van der Waals surface area contributed by atoms with Gasteiger partial charge < -0.3 is 9.32 Å². The van der Waals surface area contributed by atoms with Crippen LogP contribution >= 0.6 is 0 Å². The number of benzene rings is 7. The average Bonchev–Trinajstić information content (AvgIpc) is 3.68. The van der Waals surface area contributed by atoms with Crippen LogP contribution < -0.4 is 4.90 Å². The Balaban J connectivity index is 1.22. The van der Waals surface area contributed by atoms with E-state index in [1.165, 1.54) is 60.7 Å². The van der Waals surface area contributed by atoms with Gasteiger partial charge >= 0.3 is 0 Å². The largest absolute Gasteiger partial charge is 0.455 e. The highest BCUT2D eigenvalue weighted by Gasteiger charge is 2.39. The molecule has 0 saturated carbocycles. The lowest BCUT2D eigenvalue weighted by atomic mass is 9.82. The van der Waals surface area contributed by atoms with E-state index in [0.717, 1.165) is 33.6 Å². The zero-order valence-electron chi connectivity index (χ0n) is 27.6. The standard InChI is InChI=1S/C46H35NO/c1-45(2)39-23-20-31(26-37(39)43-40(45)24-22-36-35-14-8-10-16-42(35)48-44(36)43)47(30-18-17-28-11-5-6-12-29(28)25-30)32-19-21-34-33-13-7-9-15-38(33)46(3,4)41(34)27-32/h5-27H,1-4H3. The molecule has 0 N–H and O–H groups in total. The summed E-state index contributed by atoms with van der Waals surface area (Å²) in [7, 11) is 0. The summed E-state index contributed by atoms with van der Waals surface area (Å²) < 4.78 is 6.65. The summed E-state index contributed by atoms with van der Waals surface area (Å²) in [5, 5.41) is 4.80. The van der Waals surface area contributed by atoms with Crippen LogP contribution in [0.25, 0.3) is 55.0 Å². The molecule has 7 aromatic carbocycles. The fourth-order valence-corrected chi connectivity index (χ4v) is 8.74. The highest BCUT2D eigenvalue weighted by atomic mass is 16.3.